The van der Waals surface area contributed by atoms with Crippen LogP contribution in [0.2, 0.25) is 0 Å². The number of halogens is 1. The summed E-state index contributed by atoms with van der Waals surface area (Å²) < 4.78 is 6.64. The van der Waals surface area contributed by atoms with Crippen LogP contribution in [0.1, 0.15) is 22.8 Å². The van der Waals surface area contributed by atoms with Gasteiger partial charge in [0.1, 0.15) is 5.52 Å². The summed E-state index contributed by atoms with van der Waals surface area (Å²) in [6.45, 7) is 2.11. The lowest BCUT2D eigenvalue weighted by Gasteiger charge is -2.07. The van der Waals surface area contributed by atoms with Crippen molar-refractivity contribution < 1.29 is 9.21 Å². The summed E-state index contributed by atoms with van der Waals surface area (Å²) in [6, 6.07) is 20.9. The van der Waals surface area contributed by atoms with Crippen molar-refractivity contribution in [2.45, 2.75) is 13.3 Å². The van der Waals surface area contributed by atoms with E-state index in [2.05, 4.69) is 33.2 Å². The van der Waals surface area contributed by atoms with Crippen molar-refractivity contribution in [2.75, 3.05) is 5.32 Å². The summed E-state index contributed by atoms with van der Waals surface area (Å²) in [7, 11) is 0. The van der Waals surface area contributed by atoms with Crippen molar-refractivity contribution in [1.82, 2.24) is 4.98 Å². The van der Waals surface area contributed by atoms with Gasteiger partial charge in [0.05, 0.1) is 5.56 Å². The van der Waals surface area contributed by atoms with Gasteiger partial charge in [-0.05, 0) is 70.4 Å². The van der Waals surface area contributed by atoms with Gasteiger partial charge in [0.2, 0.25) is 5.89 Å². The lowest BCUT2D eigenvalue weighted by Crippen LogP contribution is -2.12. The first kappa shape index (κ1) is 17.5. The molecule has 0 unspecified atom stereocenters. The van der Waals surface area contributed by atoms with Crippen LogP contribution >= 0.6 is 15.9 Å². The molecule has 0 aliphatic rings. The SMILES string of the molecule is CCc1ccc2oc(-c3cccc(NC(=O)c4ccccc4Br)c3)nc2c1. The summed E-state index contributed by atoms with van der Waals surface area (Å²) in [4.78, 5) is 17.1. The van der Waals surface area contributed by atoms with Crippen molar-refractivity contribution in [3.63, 3.8) is 0 Å². The monoisotopic (exact) mass is 420 g/mol. The van der Waals surface area contributed by atoms with Gasteiger partial charge in [-0.2, -0.15) is 0 Å². The van der Waals surface area contributed by atoms with Gasteiger partial charge >= 0.3 is 0 Å². The van der Waals surface area contributed by atoms with E-state index < -0.39 is 0 Å². The van der Waals surface area contributed by atoms with Gasteiger partial charge in [-0.15, -0.1) is 0 Å². The number of aryl methyl sites for hydroxylation is 1. The number of carbonyl (C=O) groups is 1. The highest BCUT2D eigenvalue weighted by Gasteiger charge is 2.12. The Labute approximate surface area is 165 Å². The number of nitrogens with one attached hydrogen (secondary N) is 1. The summed E-state index contributed by atoms with van der Waals surface area (Å²) >= 11 is 3.41. The third-order valence-electron chi connectivity index (χ3n) is 4.35. The third kappa shape index (κ3) is 3.64. The molecule has 1 aromatic heterocycles. The molecule has 1 heterocycles. The summed E-state index contributed by atoms with van der Waals surface area (Å²) in [5, 5.41) is 2.92. The number of fused-ring (bicyclic) bond motifs is 1. The normalized spacial score (nSPS) is 10.9. The minimum absolute atomic E-state index is 0.176. The number of hydrogen-bond donors (Lipinski definition) is 1. The third-order valence-corrected chi connectivity index (χ3v) is 5.04. The molecular weight excluding hydrogens is 404 g/mol. The van der Waals surface area contributed by atoms with Crippen molar-refractivity contribution in [3.8, 4) is 11.5 Å². The van der Waals surface area contributed by atoms with E-state index in [-0.39, 0.29) is 5.91 Å². The number of oxazole rings is 1. The van der Waals surface area contributed by atoms with Crippen molar-refractivity contribution in [3.05, 3.63) is 82.3 Å². The van der Waals surface area contributed by atoms with Gasteiger partial charge < -0.3 is 9.73 Å². The highest BCUT2D eigenvalue weighted by Crippen LogP contribution is 2.27. The molecule has 0 saturated carbocycles. The molecule has 1 N–H and O–H groups in total. The average molecular weight is 421 g/mol. The molecule has 1 amide bonds. The van der Waals surface area contributed by atoms with Gasteiger partial charge in [0.25, 0.3) is 5.91 Å². The number of hydrogen-bond acceptors (Lipinski definition) is 3. The molecule has 0 aliphatic heterocycles. The molecule has 0 spiro atoms. The largest absolute Gasteiger partial charge is 0.436 e. The maximum atomic E-state index is 12.5. The highest BCUT2D eigenvalue weighted by atomic mass is 79.9. The van der Waals surface area contributed by atoms with Crippen molar-refractivity contribution >= 4 is 38.6 Å². The Morgan fingerprint density at radius 1 is 1.07 bits per heavy atom. The number of nitrogens with zero attached hydrogens (tertiary/aromatic N) is 1. The zero-order valence-electron chi connectivity index (χ0n) is 14.7. The Morgan fingerprint density at radius 2 is 1.93 bits per heavy atom. The summed E-state index contributed by atoms with van der Waals surface area (Å²) in [6.07, 6.45) is 0.953. The van der Waals surface area contributed by atoms with Crippen molar-refractivity contribution in [2.24, 2.45) is 0 Å². The van der Waals surface area contributed by atoms with E-state index in [0.29, 0.717) is 17.1 Å². The second kappa shape index (κ2) is 7.37. The van der Waals surface area contributed by atoms with E-state index in [1.165, 1.54) is 5.56 Å². The Kier molecular flexibility index (Phi) is 4.77. The molecular formula is C22H17BrN2O2. The average Bonchev–Trinajstić information content (AvgIpc) is 3.11. The van der Waals surface area contributed by atoms with E-state index in [1.54, 1.807) is 6.07 Å². The van der Waals surface area contributed by atoms with Crippen LogP contribution in [0.3, 0.4) is 0 Å². The van der Waals surface area contributed by atoms with E-state index in [9.17, 15) is 4.79 Å². The Balaban J connectivity index is 1.63. The van der Waals surface area contributed by atoms with Gasteiger partial charge in [-0.1, -0.05) is 31.2 Å². The topological polar surface area (TPSA) is 55.1 Å². The van der Waals surface area contributed by atoms with Gasteiger partial charge in [0, 0.05) is 15.7 Å². The van der Waals surface area contributed by atoms with Crippen molar-refractivity contribution in [1.29, 1.82) is 0 Å². The van der Waals surface area contributed by atoms with Gasteiger partial charge in [0.15, 0.2) is 5.58 Å². The highest BCUT2D eigenvalue weighted by molar-refractivity contribution is 9.10. The first-order chi connectivity index (χ1) is 13.1. The quantitative estimate of drug-likeness (QED) is 0.435. The van der Waals surface area contributed by atoms with E-state index in [4.69, 9.17) is 4.42 Å². The number of anilines is 1. The smallest absolute Gasteiger partial charge is 0.256 e. The van der Waals surface area contributed by atoms with Crippen LogP contribution in [-0.2, 0) is 6.42 Å². The molecule has 27 heavy (non-hydrogen) atoms. The zero-order valence-corrected chi connectivity index (χ0v) is 16.3. The van der Waals surface area contributed by atoms with Gasteiger partial charge in [-0.3, -0.25) is 4.79 Å². The molecule has 3 aromatic carbocycles. The molecule has 0 fully saturated rings. The molecule has 0 bridgehead atoms. The predicted octanol–water partition coefficient (Wildman–Crippen LogP) is 6.07. The zero-order chi connectivity index (χ0) is 18.8. The molecule has 0 aliphatic carbocycles. The van der Waals surface area contributed by atoms with E-state index in [0.717, 1.165) is 27.6 Å². The Bertz CT molecular complexity index is 1130. The van der Waals surface area contributed by atoms with Crippen LogP contribution < -0.4 is 5.32 Å². The fraction of sp³-hybridized carbons (Fsp3) is 0.0909. The van der Waals surface area contributed by atoms with E-state index >= 15 is 0 Å². The summed E-state index contributed by atoms with van der Waals surface area (Å²) in [5.41, 5.74) is 4.89. The number of aromatic nitrogens is 1. The second-order valence-electron chi connectivity index (χ2n) is 6.19. The fourth-order valence-corrected chi connectivity index (χ4v) is 3.35. The molecule has 0 atom stereocenters. The van der Waals surface area contributed by atoms with Crippen LogP contribution in [0.15, 0.2) is 75.6 Å². The lowest BCUT2D eigenvalue weighted by atomic mass is 10.1. The molecule has 4 rings (SSSR count). The maximum absolute atomic E-state index is 12.5. The van der Waals surface area contributed by atoms with Crippen LogP contribution in [0.5, 0.6) is 0 Å². The van der Waals surface area contributed by atoms with Gasteiger partial charge in [-0.25, -0.2) is 4.98 Å². The number of carbonyl (C=O) groups excluding carboxylic acids is 1. The first-order valence-corrected chi connectivity index (χ1v) is 9.49. The Morgan fingerprint density at radius 3 is 2.74 bits per heavy atom. The van der Waals surface area contributed by atoms with E-state index in [1.807, 2.05) is 60.7 Å². The molecule has 0 radical (unpaired) electrons. The number of benzene rings is 3. The molecule has 0 saturated heterocycles. The van der Waals surface area contributed by atoms with Crippen LogP contribution in [-0.4, -0.2) is 10.9 Å². The van der Waals surface area contributed by atoms with Crippen LogP contribution in [0.25, 0.3) is 22.6 Å². The minimum atomic E-state index is -0.176. The van der Waals surface area contributed by atoms with Crippen LogP contribution in [0.4, 0.5) is 5.69 Å². The number of amides is 1. The predicted molar refractivity (Wildman–Crippen MR) is 111 cm³/mol. The van der Waals surface area contributed by atoms with Crippen LogP contribution in [0, 0.1) is 0 Å². The molecule has 5 heteroatoms. The first-order valence-electron chi connectivity index (χ1n) is 8.70. The standard InChI is InChI=1S/C22H17BrN2O2/c1-2-14-10-11-20-19(12-14)25-22(27-20)15-6-5-7-16(13-15)24-21(26)17-8-3-4-9-18(17)23/h3-13H,2H2,1H3,(H,24,26). The summed E-state index contributed by atoms with van der Waals surface area (Å²) in [5.74, 6) is 0.361. The lowest BCUT2D eigenvalue weighted by molar-refractivity contribution is 0.102. The second-order valence-corrected chi connectivity index (χ2v) is 7.04. The molecule has 4 aromatic rings. The fourth-order valence-electron chi connectivity index (χ4n) is 2.89. The minimum Gasteiger partial charge on any atom is -0.436 e. The Hall–Kier alpha value is -2.92. The number of rotatable bonds is 4. The maximum Gasteiger partial charge on any atom is 0.256 e. The molecule has 4 nitrogen and oxygen atoms in total. The molecule has 134 valence electrons.